The van der Waals surface area contributed by atoms with Gasteiger partial charge in [-0.05, 0) is 12.8 Å². The lowest BCUT2D eigenvalue weighted by Gasteiger charge is -2.10. The van der Waals surface area contributed by atoms with Gasteiger partial charge in [0.05, 0.1) is 0 Å². The summed E-state index contributed by atoms with van der Waals surface area (Å²) in [5, 5.41) is 0. The lowest BCUT2D eigenvalue weighted by Crippen LogP contribution is -2.06. The Balaban J connectivity index is 2.14. The van der Waals surface area contributed by atoms with E-state index in [0.29, 0.717) is 12.0 Å². The molecule has 0 saturated heterocycles. The highest BCUT2D eigenvalue weighted by Gasteiger charge is 2.30. The molecular weight excluding hydrogens is 222 g/mol. The standard InChI is InChI=1S/C15H19N3/c1-10(2)15-17-13(11-6-4-3-5-7-11)14(16)18(15)12-8-9-12/h3-7,10,12H,8-9,16H2,1-2H3. The molecule has 0 atom stereocenters. The molecule has 0 spiro atoms. The van der Waals surface area contributed by atoms with Gasteiger partial charge in [-0.3, -0.25) is 0 Å². The Kier molecular flexibility index (Phi) is 2.62. The topological polar surface area (TPSA) is 43.8 Å². The van der Waals surface area contributed by atoms with Crippen molar-refractivity contribution >= 4 is 5.82 Å². The summed E-state index contributed by atoms with van der Waals surface area (Å²) >= 11 is 0. The Hall–Kier alpha value is -1.77. The molecule has 1 aliphatic carbocycles. The molecule has 18 heavy (non-hydrogen) atoms. The molecule has 1 aromatic heterocycles. The van der Waals surface area contributed by atoms with Crippen molar-refractivity contribution in [3.63, 3.8) is 0 Å². The number of aromatic nitrogens is 2. The first-order chi connectivity index (χ1) is 8.68. The second kappa shape index (κ2) is 4.16. The van der Waals surface area contributed by atoms with Gasteiger partial charge in [-0.15, -0.1) is 0 Å². The van der Waals surface area contributed by atoms with Gasteiger partial charge in [-0.2, -0.15) is 0 Å². The predicted molar refractivity (Wildman–Crippen MR) is 74.4 cm³/mol. The van der Waals surface area contributed by atoms with Crippen molar-refractivity contribution in [3.8, 4) is 11.3 Å². The van der Waals surface area contributed by atoms with Crippen molar-refractivity contribution in [2.24, 2.45) is 0 Å². The Labute approximate surface area is 108 Å². The monoisotopic (exact) mass is 241 g/mol. The van der Waals surface area contributed by atoms with Crippen LogP contribution in [0.3, 0.4) is 0 Å². The molecule has 0 aliphatic heterocycles. The second-order valence-electron chi connectivity index (χ2n) is 5.33. The van der Waals surface area contributed by atoms with Crippen molar-refractivity contribution < 1.29 is 0 Å². The van der Waals surface area contributed by atoms with Crippen LogP contribution in [0.1, 0.15) is 44.5 Å². The summed E-state index contributed by atoms with van der Waals surface area (Å²) in [6.45, 7) is 4.35. The number of benzene rings is 1. The van der Waals surface area contributed by atoms with Crippen LogP contribution in [0, 0.1) is 0 Å². The summed E-state index contributed by atoms with van der Waals surface area (Å²) in [6, 6.07) is 10.8. The molecule has 0 radical (unpaired) electrons. The number of anilines is 1. The first-order valence-electron chi connectivity index (χ1n) is 6.61. The van der Waals surface area contributed by atoms with E-state index in [9.17, 15) is 0 Å². The van der Waals surface area contributed by atoms with E-state index in [4.69, 9.17) is 10.7 Å². The van der Waals surface area contributed by atoms with Crippen LogP contribution in [-0.4, -0.2) is 9.55 Å². The molecule has 2 aromatic rings. The molecule has 2 N–H and O–H groups in total. The third-order valence-corrected chi connectivity index (χ3v) is 3.45. The molecule has 3 heteroatoms. The minimum Gasteiger partial charge on any atom is -0.383 e. The number of imidazole rings is 1. The van der Waals surface area contributed by atoms with Crippen LogP contribution in [0.25, 0.3) is 11.3 Å². The summed E-state index contributed by atoms with van der Waals surface area (Å²) in [6.07, 6.45) is 2.46. The zero-order valence-corrected chi connectivity index (χ0v) is 10.9. The van der Waals surface area contributed by atoms with Gasteiger partial charge in [0.1, 0.15) is 17.3 Å². The van der Waals surface area contributed by atoms with E-state index in [2.05, 4.69) is 30.5 Å². The summed E-state index contributed by atoms with van der Waals surface area (Å²) in [5.41, 5.74) is 8.36. The van der Waals surface area contributed by atoms with Gasteiger partial charge in [0.15, 0.2) is 0 Å². The number of rotatable bonds is 3. The molecule has 0 bridgehead atoms. The van der Waals surface area contributed by atoms with Crippen LogP contribution in [0.5, 0.6) is 0 Å². The van der Waals surface area contributed by atoms with E-state index in [-0.39, 0.29) is 0 Å². The van der Waals surface area contributed by atoms with Gasteiger partial charge < -0.3 is 10.3 Å². The number of hydrogen-bond acceptors (Lipinski definition) is 2. The maximum atomic E-state index is 6.32. The van der Waals surface area contributed by atoms with E-state index < -0.39 is 0 Å². The molecule has 0 amide bonds. The minimum atomic E-state index is 0.408. The van der Waals surface area contributed by atoms with Crippen LogP contribution >= 0.6 is 0 Å². The van der Waals surface area contributed by atoms with E-state index in [1.807, 2.05) is 18.2 Å². The van der Waals surface area contributed by atoms with Crippen molar-refractivity contribution in [2.75, 3.05) is 5.73 Å². The molecule has 3 rings (SSSR count). The largest absolute Gasteiger partial charge is 0.383 e. The fraction of sp³-hybridized carbons (Fsp3) is 0.400. The van der Waals surface area contributed by atoms with Crippen LogP contribution in [0.2, 0.25) is 0 Å². The van der Waals surface area contributed by atoms with Crippen molar-refractivity contribution in [2.45, 2.75) is 38.6 Å². The quantitative estimate of drug-likeness (QED) is 0.892. The Bertz CT molecular complexity index is 551. The van der Waals surface area contributed by atoms with Crippen molar-refractivity contribution in [3.05, 3.63) is 36.2 Å². The Morgan fingerprint density at radius 1 is 1.22 bits per heavy atom. The normalized spacial score (nSPS) is 15.3. The first kappa shape index (κ1) is 11.3. The van der Waals surface area contributed by atoms with Crippen LogP contribution in [0.15, 0.2) is 30.3 Å². The second-order valence-corrected chi connectivity index (χ2v) is 5.33. The molecule has 3 nitrogen and oxygen atoms in total. The van der Waals surface area contributed by atoms with E-state index in [1.54, 1.807) is 0 Å². The van der Waals surface area contributed by atoms with Crippen LogP contribution in [-0.2, 0) is 0 Å². The fourth-order valence-electron chi connectivity index (χ4n) is 2.40. The Morgan fingerprint density at radius 3 is 2.44 bits per heavy atom. The molecule has 1 aromatic carbocycles. The molecule has 1 saturated carbocycles. The number of nitrogens with two attached hydrogens (primary N) is 1. The SMILES string of the molecule is CC(C)c1nc(-c2ccccc2)c(N)n1C1CC1. The minimum absolute atomic E-state index is 0.408. The summed E-state index contributed by atoms with van der Waals surface area (Å²) < 4.78 is 2.24. The van der Waals surface area contributed by atoms with Crippen LogP contribution in [0.4, 0.5) is 5.82 Å². The van der Waals surface area contributed by atoms with E-state index in [1.165, 1.54) is 12.8 Å². The summed E-state index contributed by atoms with van der Waals surface area (Å²) in [5.74, 6) is 2.35. The average molecular weight is 241 g/mol. The molecule has 0 unspecified atom stereocenters. The third kappa shape index (κ3) is 1.80. The van der Waals surface area contributed by atoms with Gasteiger partial charge in [0, 0.05) is 17.5 Å². The molecule has 94 valence electrons. The number of nitrogen functional groups attached to an aromatic ring is 1. The molecule has 1 fully saturated rings. The van der Waals surface area contributed by atoms with E-state index in [0.717, 1.165) is 22.9 Å². The maximum absolute atomic E-state index is 6.32. The van der Waals surface area contributed by atoms with Gasteiger partial charge in [-0.1, -0.05) is 44.2 Å². The van der Waals surface area contributed by atoms with Gasteiger partial charge in [0.25, 0.3) is 0 Å². The van der Waals surface area contributed by atoms with Gasteiger partial charge in [-0.25, -0.2) is 4.98 Å². The Morgan fingerprint density at radius 2 is 1.89 bits per heavy atom. The highest BCUT2D eigenvalue weighted by Crippen LogP contribution is 2.42. The lowest BCUT2D eigenvalue weighted by atomic mass is 10.1. The molecule has 1 heterocycles. The van der Waals surface area contributed by atoms with Gasteiger partial charge in [0.2, 0.25) is 0 Å². The van der Waals surface area contributed by atoms with Gasteiger partial charge >= 0.3 is 0 Å². The maximum Gasteiger partial charge on any atom is 0.132 e. The summed E-state index contributed by atoms with van der Waals surface area (Å²) in [4.78, 5) is 4.78. The zero-order chi connectivity index (χ0) is 12.7. The third-order valence-electron chi connectivity index (χ3n) is 3.45. The first-order valence-corrected chi connectivity index (χ1v) is 6.61. The highest BCUT2D eigenvalue weighted by atomic mass is 15.2. The van der Waals surface area contributed by atoms with E-state index >= 15 is 0 Å². The van der Waals surface area contributed by atoms with Crippen molar-refractivity contribution in [1.29, 1.82) is 0 Å². The number of hydrogen-bond donors (Lipinski definition) is 1. The molecule has 1 aliphatic rings. The molecular formula is C15H19N3. The highest BCUT2D eigenvalue weighted by molar-refractivity contribution is 5.71. The smallest absolute Gasteiger partial charge is 0.132 e. The van der Waals surface area contributed by atoms with Crippen molar-refractivity contribution in [1.82, 2.24) is 9.55 Å². The van der Waals surface area contributed by atoms with Crippen LogP contribution < -0.4 is 5.73 Å². The lowest BCUT2D eigenvalue weighted by molar-refractivity contribution is 0.646. The predicted octanol–water partition coefficient (Wildman–Crippen LogP) is 3.59. The fourth-order valence-corrected chi connectivity index (χ4v) is 2.40. The average Bonchev–Trinajstić information content (AvgIpc) is 3.14. The summed E-state index contributed by atoms with van der Waals surface area (Å²) in [7, 11) is 0. The zero-order valence-electron chi connectivity index (χ0n) is 10.9. The number of nitrogens with zero attached hydrogens (tertiary/aromatic N) is 2.